The molecule has 0 aromatic heterocycles. The van der Waals surface area contributed by atoms with Crippen LogP contribution in [0, 0.1) is 11.7 Å². The quantitative estimate of drug-likeness (QED) is 0.828. The van der Waals surface area contributed by atoms with E-state index in [0.717, 1.165) is 37.8 Å². The number of rotatable bonds is 4. The van der Waals surface area contributed by atoms with Crippen molar-refractivity contribution in [3.05, 3.63) is 29.6 Å². The fourth-order valence-corrected chi connectivity index (χ4v) is 2.74. The Kier molecular flexibility index (Phi) is 4.52. The van der Waals surface area contributed by atoms with Gasteiger partial charge in [-0.3, -0.25) is 0 Å². The zero-order valence-electron chi connectivity index (χ0n) is 11.0. The summed E-state index contributed by atoms with van der Waals surface area (Å²) in [5, 5.41) is 2.95. The molecule has 0 saturated heterocycles. The van der Waals surface area contributed by atoms with E-state index in [1.807, 2.05) is 0 Å². The monoisotopic (exact) mass is 290 g/mol. The number of halogens is 4. The van der Waals surface area contributed by atoms with Crippen LogP contribution in [0.15, 0.2) is 18.2 Å². The topological polar surface area (TPSA) is 38.0 Å². The van der Waals surface area contributed by atoms with Gasteiger partial charge in [0.2, 0.25) is 0 Å². The van der Waals surface area contributed by atoms with Gasteiger partial charge in [0.25, 0.3) is 0 Å². The summed E-state index contributed by atoms with van der Waals surface area (Å²) in [7, 11) is 0. The second kappa shape index (κ2) is 5.99. The maximum Gasteiger partial charge on any atom is 0.416 e. The van der Waals surface area contributed by atoms with Crippen LogP contribution in [0.4, 0.5) is 23.2 Å². The molecule has 0 radical (unpaired) electrons. The van der Waals surface area contributed by atoms with E-state index >= 15 is 0 Å². The maximum absolute atomic E-state index is 13.8. The van der Waals surface area contributed by atoms with Crippen molar-refractivity contribution in [1.29, 1.82) is 0 Å². The predicted octanol–water partition coefficient (Wildman–Crippen LogP) is 3.77. The van der Waals surface area contributed by atoms with Gasteiger partial charge in [0.15, 0.2) is 0 Å². The highest BCUT2D eigenvalue weighted by Gasteiger charge is 2.31. The summed E-state index contributed by atoms with van der Waals surface area (Å²) in [6.45, 7) is 0.338. The average molecular weight is 290 g/mol. The van der Waals surface area contributed by atoms with Crippen molar-refractivity contribution in [2.24, 2.45) is 11.7 Å². The summed E-state index contributed by atoms with van der Waals surface area (Å²) in [4.78, 5) is 0. The highest BCUT2D eigenvalue weighted by molar-refractivity contribution is 5.48. The molecule has 0 amide bonds. The second-order valence-corrected chi connectivity index (χ2v) is 5.22. The second-order valence-electron chi connectivity index (χ2n) is 5.22. The van der Waals surface area contributed by atoms with E-state index in [0.29, 0.717) is 18.5 Å². The number of nitrogens with two attached hydrogens (primary N) is 1. The molecule has 1 fully saturated rings. The van der Waals surface area contributed by atoms with Gasteiger partial charge in [0.1, 0.15) is 5.82 Å². The van der Waals surface area contributed by atoms with Crippen molar-refractivity contribution in [2.75, 3.05) is 11.9 Å². The van der Waals surface area contributed by atoms with Gasteiger partial charge in [-0.2, -0.15) is 13.2 Å². The zero-order valence-corrected chi connectivity index (χ0v) is 11.0. The molecule has 3 N–H and O–H groups in total. The van der Waals surface area contributed by atoms with Crippen LogP contribution in [0.1, 0.15) is 31.2 Å². The first kappa shape index (κ1) is 15.1. The predicted molar refractivity (Wildman–Crippen MR) is 69.8 cm³/mol. The third-order valence-corrected chi connectivity index (χ3v) is 3.86. The minimum atomic E-state index is -4.53. The lowest BCUT2D eigenvalue weighted by Gasteiger charge is -2.24. The van der Waals surface area contributed by atoms with Crippen LogP contribution in [0.25, 0.3) is 0 Å². The van der Waals surface area contributed by atoms with E-state index in [2.05, 4.69) is 5.32 Å². The summed E-state index contributed by atoms with van der Waals surface area (Å²) in [5.74, 6) is -0.530. The summed E-state index contributed by atoms with van der Waals surface area (Å²) in [6, 6.07) is 2.44. The van der Waals surface area contributed by atoms with E-state index in [1.165, 1.54) is 0 Å². The zero-order chi connectivity index (χ0) is 14.8. The summed E-state index contributed by atoms with van der Waals surface area (Å²) in [5.41, 5.74) is 4.79. The minimum Gasteiger partial charge on any atom is -0.378 e. The van der Waals surface area contributed by atoms with Crippen LogP contribution in [0.2, 0.25) is 0 Å². The number of anilines is 1. The average Bonchev–Trinajstić information content (AvgIpc) is 2.90. The van der Waals surface area contributed by atoms with Crippen molar-refractivity contribution in [2.45, 2.75) is 37.9 Å². The van der Waals surface area contributed by atoms with Gasteiger partial charge in [-0.15, -0.1) is 0 Å². The molecule has 0 spiro atoms. The van der Waals surface area contributed by atoms with Gasteiger partial charge in [0.05, 0.1) is 11.3 Å². The van der Waals surface area contributed by atoms with E-state index in [-0.39, 0.29) is 11.7 Å². The lowest BCUT2D eigenvalue weighted by atomic mass is 9.98. The van der Waals surface area contributed by atoms with E-state index in [1.54, 1.807) is 0 Å². The first-order valence-electron chi connectivity index (χ1n) is 6.75. The van der Waals surface area contributed by atoms with Crippen LogP contribution >= 0.6 is 0 Å². The molecule has 2 rings (SSSR count). The molecule has 2 nitrogen and oxygen atoms in total. The standard InChI is InChI=1S/C14H18F4N2/c15-11-7-10(14(16,17)18)5-6-12(11)20-13(8-19)9-3-1-2-4-9/h5-7,9,13,20H,1-4,8,19H2. The number of nitrogens with one attached hydrogen (secondary N) is 1. The molecule has 1 unspecified atom stereocenters. The van der Waals surface area contributed by atoms with Crippen LogP contribution in [0.5, 0.6) is 0 Å². The molecular weight excluding hydrogens is 272 g/mol. The van der Waals surface area contributed by atoms with Gasteiger partial charge in [0, 0.05) is 12.6 Å². The van der Waals surface area contributed by atoms with Crippen molar-refractivity contribution in [1.82, 2.24) is 0 Å². The number of benzene rings is 1. The molecule has 1 atom stereocenters. The first-order valence-corrected chi connectivity index (χ1v) is 6.75. The molecule has 0 bridgehead atoms. The lowest BCUT2D eigenvalue weighted by Crippen LogP contribution is -2.35. The molecule has 112 valence electrons. The Labute approximate surface area is 115 Å². The molecule has 1 aliphatic rings. The van der Waals surface area contributed by atoms with E-state index in [4.69, 9.17) is 5.73 Å². The Morgan fingerprint density at radius 2 is 1.90 bits per heavy atom. The highest BCUT2D eigenvalue weighted by atomic mass is 19.4. The van der Waals surface area contributed by atoms with Gasteiger partial charge in [-0.05, 0) is 37.0 Å². The van der Waals surface area contributed by atoms with Crippen molar-refractivity contribution >= 4 is 5.69 Å². The Hall–Kier alpha value is -1.30. The first-order chi connectivity index (χ1) is 9.41. The number of alkyl halides is 3. The minimum absolute atomic E-state index is 0.0837. The molecule has 6 heteroatoms. The van der Waals surface area contributed by atoms with Crippen LogP contribution in [-0.4, -0.2) is 12.6 Å². The van der Waals surface area contributed by atoms with Crippen LogP contribution in [-0.2, 0) is 6.18 Å². The fourth-order valence-electron chi connectivity index (χ4n) is 2.74. The van der Waals surface area contributed by atoms with E-state index < -0.39 is 17.6 Å². The Morgan fingerprint density at radius 3 is 2.40 bits per heavy atom. The van der Waals surface area contributed by atoms with Crippen molar-refractivity contribution in [3.8, 4) is 0 Å². The molecular formula is C14H18F4N2. The Balaban J connectivity index is 2.12. The highest BCUT2D eigenvalue weighted by Crippen LogP contribution is 2.33. The number of hydrogen-bond acceptors (Lipinski definition) is 2. The largest absolute Gasteiger partial charge is 0.416 e. The molecule has 1 aliphatic carbocycles. The lowest BCUT2D eigenvalue weighted by molar-refractivity contribution is -0.137. The van der Waals surface area contributed by atoms with Gasteiger partial charge < -0.3 is 11.1 Å². The van der Waals surface area contributed by atoms with Crippen LogP contribution < -0.4 is 11.1 Å². The summed E-state index contributed by atoms with van der Waals surface area (Å²) in [6.07, 6.45) is -0.233. The maximum atomic E-state index is 13.8. The van der Waals surface area contributed by atoms with Crippen molar-refractivity contribution < 1.29 is 17.6 Å². The van der Waals surface area contributed by atoms with Crippen molar-refractivity contribution in [3.63, 3.8) is 0 Å². The Morgan fingerprint density at radius 1 is 1.25 bits per heavy atom. The van der Waals surface area contributed by atoms with Gasteiger partial charge >= 0.3 is 6.18 Å². The molecule has 0 heterocycles. The third-order valence-electron chi connectivity index (χ3n) is 3.86. The van der Waals surface area contributed by atoms with Gasteiger partial charge in [-0.1, -0.05) is 12.8 Å². The molecule has 20 heavy (non-hydrogen) atoms. The van der Waals surface area contributed by atoms with Gasteiger partial charge in [-0.25, -0.2) is 4.39 Å². The summed E-state index contributed by atoms with van der Waals surface area (Å²) < 4.78 is 51.2. The SMILES string of the molecule is NCC(Nc1ccc(C(F)(F)F)cc1F)C1CCCC1. The molecule has 1 aromatic rings. The summed E-state index contributed by atoms with van der Waals surface area (Å²) >= 11 is 0. The molecule has 1 aromatic carbocycles. The van der Waals surface area contributed by atoms with E-state index in [9.17, 15) is 17.6 Å². The Bertz CT molecular complexity index is 453. The van der Waals surface area contributed by atoms with Crippen LogP contribution in [0.3, 0.4) is 0 Å². The molecule has 1 saturated carbocycles. The fraction of sp³-hybridized carbons (Fsp3) is 0.571. The smallest absolute Gasteiger partial charge is 0.378 e. The molecule has 0 aliphatic heterocycles. The third kappa shape index (κ3) is 3.42. The normalized spacial score (nSPS) is 18.2. The number of hydrogen-bond donors (Lipinski definition) is 2.